The lowest BCUT2D eigenvalue weighted by atomic mass is 9.84. The van der Waals surface area contributed by atoms with Gasteiger partial charge in [-0.15, -0.1) is 11.3 Å². The lowest BCUT2D eigenvalue weighted by molar-refractivity contribution is -0.120. The highest BCUT2D eigenvalue weighted by Gasteiger charge is 2.27. The number of carbonyl (C=O) groups is 1. The second-order valence-electron chi connectivity index (χ2n) is 7.06. The highest BCUT2D eigenvalue weighted by molar-refractivity contribution is 7.13. The maximum Gasteiger partial charge on any atom is 0.261 e. The van der Waals surface area contributed by atoms with Gasteiger partial charge in [0.1, 0.15) is 6.04 Å². The molecule has 4 rings (SSSR count). The molecule has 0 radical (unpaired) electrons. The van der Waals surface area contributed by atoms with Crippen molar-refractivity contribution in [1.82, 2.24) is 14.5 Å². The van der Waals surface area contributed by atoms with Gasteiger partial charge in [-0.05, 0) is 24.5 Å². The first-order valence-electron chi connectivity index (χ1n) is 9.38. The number of thiazole rings is 1. The number of nitrogens with one attached hydrogen (secondary N) is 1. The summed E-state index contributed by atoms with van der Waals surface area (Å²) in [7, 11) is 0. The normalized spacial score (nSPS) is 16.3. The summed E-state index contributed by atoms with van der Waals surface area (Å²) in [5.74, 6) is 0.249. The fourth-order valence-electron chi connectivity index (χ4n) is 3.86. The molecule has 2 heterocycles. The summed E-state index contributed by atoms with van der Waals surface area (Å²) >= 11 is 1.37. The van der Waals surface area contributed by atoms with Gasteiger partial charge in [-0.2, -0.15) is 0 Å². The van der Waals surface area contributed by atoms with Crippen LogP contribution < -0.4 is 10.9 Å². The zero-order valence-corrected chi connectivity index (χ0v) is 15.8. The molecule has 1 fully saturated rings. The van der Waals surface area contributed by atoms with E-state index in [9.17, 15) is 9.59 Å². The molecule has 1 amide bonds. The fourth-order valence-corrected chi connectivity index (χ4v) is 4.40. The van der Waals surface area contributed by atoms with Crippen LogP contribution >= 0.6 is 11.3 Å². The Morgan fingerprint density at radius 2 is 2.04 bits per heavy atom. The largest absolute Gasteiger partial charge is 0.300 e. The van der Waals surface area contributed by atoms with Gasteiger partial charge in [0.15, 0.2) is 5.13 Å². The average Bonchev–Trinajstić information content (AvgIpc) is 3.21. The van der Waals surface area contributed by atoms with Gasteiger partial charge in [0.2, 0.25) is 5.91 Å². The van der Waals surface area contributed by atoms with Gasteiger partial charge in [0, 0.05) is 11.6 Å². The minimum absolute atomic E-state index is 0.171. The SMILES string of the molecule is O=C(Nc1nccs1)[C@H](CC1CCCCC1)n1cnc2ccccc2c1=O. The van der Waals surface area contributed by atoms with Crippen molar-refractivity contribution in [2.45, 2.75) is 44.6 Å². The van der Waals surface area contributed by atoms with Crippen molar-refractivity contribution >= 4 is 33.3 Å². The van der Waals surface area contributed by atoms with E-state index in [0.717, 1.165) is 12.8 Å². The van der Waals surface area contributed by atoms with Gasteiger partial charge in [0.25, 0.3) is 5.56 Å². The van der Waals surface area contributed by atoms with Gasteiger partial charge in [0.05, 0.1) is 17.2 Å². The molecule has 1 N–H and O–H groups in total. The highest BCUT2D eigenvalue weighted by atomic mass is 32.1. The number of anilines is 1. The molecule has 0 saturated heterocycles. The Morgan fingerprint density at radius 1 is 1.22 bits per heavy atom. The molecule has 0 unspecified atom stereocenters. The van der Waals surface area contributed by atoms with Gasteiger partial charge < -0.3 is 5.32 Å². The summed E-state index contributed by atoms with van der Waals surface area (Å²) < 4.78 is 1.50. The Morgan fingerprint density at radius 3 is 2.81 bits per heavy atom. The van der Waals surface area contributed by atoms with Gasteiger partial charge >= 0.3 is 0 Å². The molecule has 140 valence electrons. The molecule has 0 bridgehead atoms. The van der Waals surface area contributed by atoms with Crippen molar-refractivity contribution in [3.63, 3.8) is 0 Å². The van der Waals surface area contributed by atoms with Crippen LogP contribution in [-0.2, 0) is 4.79 Å². The minimum Gasteiger partial charge on any atom is -0.300 e. The first-order chi connectivity index (χ1) is 13.2. The number of amides is 1. The van der Waals surface area contributed by atoms with E-state index in [1.807, 2.05) is 23.6 Å². The molecule has 7 heteroatoms. The van der Waals surface area contributed by atoms with Crippen LogP contribution in [0.5, 0.6) is 0 Å². The molecule has 2 aromatic heterocycles. The van der Waals surface area contributed by atoms with E-state index in [1.165, 1.54) is 41.5 Å². The third-order valence-corrected chi connectivity index (χ3v) is 5.96. The van der Waals surface area contributed by atoms with Crippen LogP contribution in [0.15, 0.2) is 47.0 Å². The van der Waals surface area contributed by atoms with Crippen molar-refractivity contribution < 1.29 is 4.79 Å². The van der Waals surface area contributed by atoms with Crippen LogP contribution in [0, 0.1) is 5.92 Å². The van der Waals surface area contributed by atoms with Crippen LogP contribution in [0.4, 0.5) is 5.13 Å². The molecule has 1 aliphatic rings. The van der Waals surface area contributed by atoms with E-state index in [1.54, 1.807) is 12.3 Å². The Balaban J connectivity index is 1.69. The Hall–Kier alpha value is -2.54. The Bertz CT molecular complexity index is 977. The first-order valence-corrected chi connectivity index (χ1v) is 10.3. The summed E-state index contributed by atoms with van der Waals surface area (Å²) in [6.45, 7) is 0. The number of nitrogens with zero attached hydrogens (tertiary/aromatic N) is 3. The van der Waals surface area contributed by atoms with Crippen molar-refractivity contribution in [2.24, 2.45) is 5.92 Å². The van der Waals surface area contributed by atoms with E-state index in [4.69, 9.17) is 0 Å². The maximum absolute atomic E-state index is 13.0. The van der Waals surface area contributed by atoms with Crippen molar-refractivity contribution in [3.05, 3.63) is 52.5 Å². The molecule has 1 atom stereocenters. The zero-order valence-electron chi connectivity index (χ0n) is 15.0. The number of carbonyl (C=O) groups excluding carboxylic acids is 1. The molecule has 0 aliphatic heterocycles. The molecular formula is C20H22N4O2S. The fraction of sp³-hybridized carbons (Fsp3) is 0.400. The predicted molar refractivity (Wildman–Crippen MR) is 107 cm³/mol. The number of fused-ring (bicyclic) bond motifs is 1. The standard InChI is InChI=1S/C20H22N4O2S/c25-18(23-20-21-10-11-27-20)17(12-14-6-2-1-3-7-14)24-13-22-16-9-5-4-8-15(16)19(24)26/h4-5,8-11,13-14,17H,1-3,6-7,12H2,(H,21,23,25)/t17-/m0/s1. The van der Waals surface area contributed by atoms with Crippen LogP contribution in [0.1, 0.15) is 44.6 Å². The second kappa shape index (κ2) is 8.00. The topological polar surface area (TPSA) is 76.9 Å². The smallest absolute Gasteiger partial charge is 0.261 e. The summed E-state index contributed by atoms with van der Waals surface area (Å²) in [4.78, 5) is 34.6. The Kier molecular flexibility index (Phi) is 5.29. The van der Waals surface area contributed by atoms with Gasteiger partial charge in [-0.25, -0.2) is 9.97 Å². The monoisotopic (exact) mass is 382 g/mol. The summed E-state index contributed by atoms with van der Waals surface area (Å²) in [5, 5.41) is 5.77. The highest BCUT2D eigenvalue weighted by Crippen LogP contribution is 2.31. The number of aromatic nitrogens is 3. The predicted octanol–water partition coefficient (Wildman–Crippen LogP) is 4.00. The molecule has 1 aromatic carbocycles. The van der Waals surface area contributed by atoms with E-state index in [0.29, 0.717) is 28.4 Å². The maximum atomic E-state index is 13.0. The molecule has 27 heavy (non-hydrogen) atoms. The van der Waals surface area contributed by atoms with E-state index in [-0.39, 0.29) is 11.5 Å². The zero-order chi connectivity index (χ0) is 18.6. The summed E-state index contributed by atoms with van der Waals surface area (Å²) in [5.41, 5.74) is 0.478. The number of hydrogen-bond donors (Lipinski definition) is 1. The third kappa shape index (κ3) is 3.93. The lowest BCUT2D eigenvalue weighted by Crippen LogP contribution is -2.35. The van der Waals surface area contributed by atoms with Crippen LogP contribution in [-0.4, -0.2) is 20.4 Å². The molecule has 0 spiro atoms. The number of para-hydroxylation sites is 1. The molecule has 6 nitrogen and oxygen atoms in total. The van der Waals surface area contributed by atoms with Crippen molar-refractivity contribution in [2.75, 3.05) is 5.32 Å². The molecule has 1 saturated carbocycles. The van der Waals surface area contributed by atoms with Crippen LogP contribution in [0.2, 0.25) is 0 Å². The lowest BCUT2D eigenvalue weighted by Gasteiger charge is -2.27. The minimum atomic E-state index is -0.582. The van der Waals surface area contributed by atoms with Crippen molar-refractivity contribution in [1.29, 1.82) is 0 Å². The van der Waals surface area contributed by atoms with Gasteiger partial charge in [-0.1, -0.05) is 44.2 Å². The van der Waals surface area contributed by atoms with E-state index in [2.05, 4.69) is 15.3 Å². The second-order valence-corrected chi connectivity index (χ2v) is 7.95. The van der Waals surface area contributed by atoms with Crippen molar-refractivity contribution in [3.8, 4) is 0 Å². The number of hydrogen-bond acceptors (Lipinski definition) is 5. The number of rotatable bonds is 5. The quantitative estimate of drug-likeness (QED) is 0.723. The summed E-state index contributed by atoms with van der Waals surface area (Å²) in [6, 6.07) is 6.67. The number of benzene rings is 1. The first kappa shape index (κ1) is 17.9. The van der Waals surface area contributed by atoms with Gasteiger partial charge in [-0.3, -0.25) is 14.2 Å². The Labute approximate surface area is 161 Å². The summed E-state index contributed by atoms with van der Waals surface area (Å²) in [6.07, 6.45) is 9.67. The van der Waals surface area contributed by atoms with E-state index >= 15 is 0 Å². The third-order valence-electron chi connectivity index (χ3n) is 5.27. The van der Waals surface area contributed by atoms with E-state index < -0.39 is 6.04 Å². The van der Waals surface area contributed by atoms with Crippen LogP contribution in [0.3, 0.4) is 0 Å². The van der Waals surface area contributed by atoms with Crippen LogP contribution in [0.25, 0.3) is 10.9 Å². The molecule has 1 aliphatic carbocycles. The molecular weight excluding hydrogens is 360 g/mol. The average molecular weight is 382 g/mol. The molecule has 3 aromatic rings.